The average Bonchev–Trinajstić information content (AvgIpc) is 1.40. The van der Waals surface area contributed by atoms with E-state index in [1.807, 2.05) is 51.1 Å². The molecule has 87 heavy (non-hydrogen) atoms. The normalized spacial score (nSPS) is 19.8. The van der Waals surface area contributed by atoms with Gasteiger partial charge in [0.15, 0.2) is 21.9 Å². The van der Waals surface area contributed by atoms with Crippen molar-refractivity contribution in [2.24, 2.45) is 9.98 Å². The summed E-state index contributed by atoms with van der Waals surface area (Å²) in [4.78, 5) is 94.9. The molecule has 0 aromatic heterocycles. The molecule has 10 nitrogen and oxygen atoms in total. The van der Waals surface area contributed by atoms with E-state index in [9.17, 15) is 0 Å². The first kappa shape index (κ1) is 39.1. The lowest BCUT2D eigenvalue weighted by Crippen LogP contribution is -2.48. The number of methoxy groups -OCH3 is 1. The zero-order chi connectivity index (χ0) is 55.6. The predicted octanol–water partition coefficient (Wildman–Crippen LogP) is 14.8. The van der Waals surface area contributed by atoms with Crippen molar-refractivity contribution in [3.05, 3.63) is 140 Å². The molecule has 27 aromatic rings. The van der Waals surface area contributed by atoms with E-state index < -0.39 is 22.2 Å². The van der Waals surface area contributed by atoms with Gasteiger partial charge in [-0.1, -0.05) is 18.2 Å². The number of aliphatic hydroxyl groups is 1. The Kier molecular flexibility index (Phi) is 4.48. The summed E-state index contributed by atoms with van der Waals surface area (Å²) in [5.41, 5.74) is -3.59. The van der Waals surface area contributed by atoms with Gasteiger partial charge in [-0.05, 0) is 154 Å². The maximum atomic E-state index is 17.7. The van der Waals surface area contributed by atoms with Crippen LogP contribution in [0.5, 0.6) is 5.75 Å². The zero-order valence-electron chi connectivity index (χ0n) is 45.4. The van der Waals surface area contributed by atoms with Crippen LogP contribution in [0.15, 0.2) is 83.8 Å². The molecule has 0 heterocycles. The van der Waals surface area contributed by atoms with Crippen molar-refractivity contribution in [2.75, 3.05) is 7.11 Å². The molecule has 0 spiro atoms. The summed E-state index contributed by atoms with van der Waals surface area (Å²) < 4.78 is 5.67. The molecule has 3 aliphatic rings. The van der Waals surface area contributed by atoms with Gasteiger partial charge >= 0.3 is 0 Å². The molecule has 388 valence electrons. The van der Waals surface area contributed by atoms with Gasteiger partial charge in [0.05, 0.1) is 24.1 Å². The Bertz CT molecular complexity index is 8390. The van der Waals surface area contributed by atoms with E-state index in [1.54, 1.807) is 31.4 Å². The predicted molar refractivity (Wildman–Crippen MR) is 345 cm³/mol. The maximum absolute atomic E-state index is 17.7. The molecule has 0 amide bonds. The van der Waals surface area contributed by atoms with Gasteiger partial charge in [-0.15, -0.1) is 0 Å². The summed E-state index contributed by atoms with van der Waals surface area (Å²) in [6.07, 6.45) is 0. The van der Waals surface area contributed by atoms with E-state index in [0.29, 0.717) is 71.7 Å². The number of fused-ring (bicyclic) bond motifs is 9. The van der Waals surface area contributed by atoms with Crippen LogP contribution in [0.2, 0.25) is 0 Å². The monoisotopic (exact) mass is 1100 g/mol. The third-order valence-corrected chi connectivity index (χ3v) is 24.9. The van der Waals surface area contributed by atoms with Crippen molar-refractivity contribution < 1.29 is 19.6 Å². The summed E-state index contributed by atoms with van der Waals surface area (Å²) in [7, 11) is 1.60. The molecule has 0 bridgehead atoms. The van der Waals surface area contributed by atoms with Gasteiger partial charge < -0.3 is 9.84 Å². The smallest absolute Gasteiger partial charge is 0.230 e. The summed E-state index contributed by atoms with van der Waals surface area (Å²) in [5.74, 6) is 0.597. The Morgan fingerprint density at radius 1 is 0.322 bits per heavy atom. The van der Waals surface area contributed by atoms with E-state index in [2.05, 4.69) is 0 Å². The van der Waals surface area contributed by atoms with Crippen LogP contribution in [0.25, 0.3) is 248 Å². The summed E-state index contributed by atoms with van der Waals surface area (Å²) in [5, 5.41) is 60.4. The number of nitrogens with zero attached hydrogens (tertiary/aromatic N) is 2. The Balaban J connectivity index is 1.07. The number of ether oxygens (including phenoxy) is 1. The van der Waals surface area contributed by atoms with Gasteiger partial charge in [-0.3, -0.25) is 19.2 Å². The van der Waals surface area contributed by atoms with Crippen molar-refractivity contribution >= 4 is 259 Å². The molecule has 0 saturated heterocycles. The largest absolute Gasteiger partial charge is 0.497 e. The highest BCUT2D eigenvalue weighted by molar-refractivity contribution is 6.78. The highest BCUT2D eigenvalue weighted by atomic mass is 17.2. The number of hydrogen-bond acceptors (Lipinski definition) is 10. The minimum absolute atomic E-state index is 0.0341. The lowest BCUT2D eigenvalue weighted by atomic mass is 9.66. The molecule has 0 aliphatic heterocycles. The first-order chi connectivity index (χ1) is 42.4. The highest BCUT2D eigenvalue weighted by Crippen LogP contribution is 2.79. The fraction of sp³-hybridized carbons (Fsp3) is 0.0909. The summed E-state index contributed by atoms with van der Waals surface area (Å²) >= 11 is 0. The van der Waals surface area contributed by atoms with E-state index in [1.165, 1.54) is 70.0 Å². The minimum Gasteiger partial charge on any atom is -0.497 e. The lowest BCUT2D eigenvalue weighted by molar-refractivity contribution is -0.390. The molecule has 0 radical (unpaired) electrons. The van der Waals surface area contributed by atoms with Crippen LogP contribution < -0.4 is 37.2 Å². The lowest BCUT2D eigenvalue weighted by Gasteiger charge is -2.43. The van der Waals surface area contributed by atoms with E-state index in [0.717, 1.165) is 145 Å². The topological polar surface area (TPSA) is 141 Å². The van der Waals surface area contributed by atoms with Gasteiger partial charge in [-0.25, -0.2) is 19.8 Å². The SMILES string of the molecule is COc1ccc(N=c2c3c(c(=Nc4ccccc4)c2=O)[C@]2(O)c4c5c6c7c(c8c(=O)c9c%10c(=O)c%11c%12c(=O)c%13c2c2c4c4c6c6c%14c7c7c8c9c8c9c%10c%11c%10c%11c%12c%13c%12c2c2c4c6c4c6c2c%12c%11c2c%10c9c9c8c7c%14c4c9c26)[C@@]35OOC(C)(C)C)cc1. The molecule has 0 fully saturated rings. The third kappa shape index (κ3) is 2.75. The second-order valence-corrected chi connectivity index (χ2v) is 28.4. The van der Waals surface area contributed by atoms with Crippen LogP contribution in [0.4, 0.5) is 11.4 Å². The van der Waals surface area contributed by atoms with E-state index in [-0.39, 0.29) is 38.1 Å². The molecule has 3 aliphatic carbocycles. The van der Waals surface area contributed by atoms with Crippen molar-refractivity contribution in [3.63, 3.8) is 0 Å². The van der Waals surface area contributed by atoms with Gasteiger partial charge in [0.1, 0.15) is 22.1 Å². The molecule has 0 saturated carbocycles. The number of benzene rings is 17. The molecule has 10 heteroatoms. The van der Waals surface area contributed by atoms with Gasteiger partial charge in [0.25, 0.3) is 0 Å². The van der Waals surface area contributed by atoms with Crippen LogP contribution >= 0.6 is 0 Å². The molecule has 0 unspecified atom stereocenters. The Hall–Kier alpha value is -10.6. The van der Waals surface area contributed by atoms with Crippen molar-refractivity contribution in [3.8, 4) is 5.75 Å². The second-order valence-electron chi connectivity index (χ2n) is 28.4. The fourth-order valence-electron chi connectivity index (χ4n) is 23.4. The third-order valence-electron chi connectivity index (χ3n) is 24.9. The molecule has 1 N–H and O–H groups in total. The Morgan fingerprint density at radius 2 is 0.632 bits per heavy atom. The number of hydrogen-bond donors (Lipinski definition) is 1. The van der Waals surface area contributed by atoms with Crippen molar-refractivity contribution in [1.29, 1.82) is 0 Å². The Morgan fingerprint density at radius 3 is 1.03 bits per heavy atom. The maximum Gasteiger partial charge on any atom is 0.230 e. The molecule has 27 aromatic carbocycles. The van der Waals surface area contributed by atoms with Crippen LogP contribution in [-0.2, 0) is 21.0 Å². The van der Waals surface area contributed by atoms with E-state index >= 15 is 24.3 Å². The van der Waals surface area contributed by atoms with Crippen LogP contribution in [0.3, 0.4) is 0 Å². The summed E-state index contributed by atoms with van der Waals surface area (Å²) in [6.45, 7) is 5.78. The van der Waals surface area contributed by atoms with Gasteiger partial charge in [0.2, 0.25) is 5.43 Å². The average molecular weight is 1100 g/mol. The van der Waals surface area contributed by atoms with E-state index in [4.69, 9.17) is 24.5 Å². The Labute approximate surface area is 476 Å². The summed E-state index contributed by atoms with van der Waals surface area (Å²) in [6, 6.07) is 16.5. The molecular formula is C77H22N2O8. The molecular weight excluding hydrogens is 1080 g/mol. The van der Waals surface area contributed by atoms with Crippen LogP contribution in [0, 0.1) is 0 Å². The molecule has 30 rings (SSSR count). The quantitative estimate of drug-likeness (QED) is 0.102. The number of rotatable bonds is 5. The van der Waals surface area contributed by atoms with Gasteiger partial charge in [0, 0.05) is 184 Å². The second kappa shape index (κ2) is 9.98. The highest BCUT2D eigenvalue weighted by Gasteiger charge is 2.66. The van der Waals surface area contributed by atoms with Gasteiger partial charge in [-0.2, -0.15) is 0 Å². The van der Waals surface area contributed by atoms with Crippen molar-refractivity contribution in [2.45, 2.75) is 37.6 Å². The fourth-order valence-corrected chi connectivity index (χ4v) is 23.4. The minimum atomic E-state index is -2.32. The van der Waals surface area contributed by atoms with Crippen LogP contribution in [0.1, 0.15) is 54.2 Å². The number of para-hydroxylation sites is 1. The standard InChI is InChI=1S/C77H22N2O8/c1-75(2,3)86-87-77-64-54-44-34-25-20-18-17-19-21(20)32-35-33-24(19)30-28-22(17)26-27-23(18)29-31(25)42(44)52-50-40(29)38(27)48-47-37(26)39(28)49-51-41(30)43(33)53-55-45(35)46(36(32)34)56(54)66(77)65(55)76(84,63(53)61(51)72(81)59(49)57(47)71(80)58(48)60(50)73(82)62(52)64)67-68(77)70(79-15-10-12-16(85-4)13-11-15)74(83)69(67)78-14-8-6-5-7-9-14/h5-13,84H,1-4H3/t76-,77+/m1/s1. The molecule has 2 atom stereocenters. The van der Waals surface area contributed by atoms with Crippen molar-refractivity contribution in [1.82, 2.24) is 0 Å². The first-order valence-corrected chi connectivity index (χ1v) is 30.1. The first-order valence-electron chi connectivity index (χ1n) is 30.1. The zero-order valence-corrected chi connectivity index (χ0v) is 45.4. The van der Waals surface area contributed by atoms with Crippen LogP contribution in [-0.4, -0.2) is 17.8 Å².